The van der Waals surface area contributed by atoms with Gasteiger partial charge in [-0.15, -0.1) is 0 Å². The van der Waals surface area contributed by atoms with Crippen LogP contribution in [0.2, 0.25) is 0 Å². The van der Waals surface area contributed by atoms with E-state index in [4.69, 9.17) is 4.84 Å². The van der Waals surface area contributed by atoms with Gasteiger partial charge in [-0.3, -0.25) is 14.6 Å². The predicted octanol–water partition coefficient (Wildman–Crippen LogP) is 0.962. The van der Waals surface area contributed by atoms with Crippen LogP contribution in [0.3, 0.4) is 0 Å². The molecular weight excluding hydrogens is 282 g/mol. The van der Waals surface area contributed by atoms with E-state index >= 15 is 0 Å². The molecule has 0 fully saturated rings. The second kappa shape index (κ2) is 5.49. The molecule has 0 aromatic heterocycles. The number of allylic oxidation sites excluding steroid dienone is 1. The number of aliphatic imine (C=N–C) groups is 1. The Morgan fingerprint density at radius 2 is 2.27 bits per heavy atom. The Hall–Kier alpha value is -2.28. The van der Waals surface area contributed by atoms with E-state index in [2.05, 4.69) is 33.2 Å². The third kappa shape index (κ3) is 2.27. The molecular formula is C15H21N5O2. The Morgan fingerprint density at radius 3 is 2.91 bits per heavy atom. The Bertz CT molecular complexity index is 619. The van der Waals surface area contributed by atoms with Crippen molar-refractivity contribution in [3.63, 3.8) is 0 Å². The number of fused-ring (bicyclic) bond motifs is 2. The fourth-order valence-corrected chi connectivity index (χ4v) is 2.94. The highest BCUT2D eigenvalue weighted by Gasteiger charge is 2.37. The molecule has 3 heterocycles. The van der Waals surface area contributed by atoms with Gasteiger partial charge in [0.25, 0.3) is 0 Å². The lowest BCUT2D eigenvalue weighted by molar-refractivity contribution is -0.119. The zero-order chi connectivity index (χ0) is 15.9. The van der Waals surface area contributed by atoms with Gasteiger partial charge < -0.3 is 15.1 Å². The van der Waals surface area contributed by atoms with Crippen molar-refractivity contribution in [1.29, 1.82) is 0 Å². The summed E-state index contributed by atoms with van der Waals surface area (Å²) in [4.78, 5) is 25.7. The third-order valence-electron chi connectivity index (χ3n) is 3.97. The van der Waals surface area contributed by atoms with Gasteiger partial charge >= 0.3 is 0 Å². The van der Waals surface area contributed by atoms with E-state index in [9.17, 15) is 4.79 Å². The molecule has 0 radical (unpaired) electrons. The molecule has 1 amide bonds. The smallest absolute Gasteiger partial charge is 0.217 e. The fraction of sp³-hybridized carbons (Fsp3) is 0.467. The predicted molar refractivity (Wildman–Crippen MR) is 82.9 cm³/mol. The molecule has 0 aromatic carbocycles. The molecule has 0 bridgehead atoms. The average Bonchev–Trinajstić information content (AvgIpc) is 2.92. The molecule has 7 heteroatoms. The molecule has 3 rings (SSSR count). The molecule has 0 aliphatic carbocycles. The van der Waals surface area contributed by atoms with E-state index in [1.165, 1.54) is 6.92 Å². The van der Waals surface area contributed by atoms with Gasteiger partial charge in [0, 0.05) is 19.7 Å². The lowest BCUT2D eigenvalue weighted by Crippen LogP contribution is -2.46. The number of carbonyl (C=O) groups excluding carboxylic acids is 1. The molecule has 22 heavy (non-hydrogen) atoms. The molecule has 1 atom stereocenters. The molecule has 0 saturated carbocycles. The third-order valence-corrected chi connectivity index (χ3v) is 3.97. The van der Waals surface area contributed by atoms with Gasteiger partial charge in [0.05, 0.1) is 31.3 Å². The number of nitrogens with zero attached hydrogens (tertiary/aromatic N) is 4. The number of hydrogen-bond donors (Lipinski definition) is 1. The minimum Gasteiger partial charge on any atom is -0.344 e. The van der Waals surface area contributed by atoms with Gasteiger partial charge in [-0.25, -0.2) is 5.06 Å². The van der Waals surface area contributed by atoms with E-state index in [-0.39, 0.29) is 11.9 Å². The van der Waals surface area contributed by atoms with Crippen molar-refractivity contribution in [2.75, 3.05) is 20.3 Å². The van der Waals surface area contributed by atoms with Crippen LogP contribution in [0.25, 0.3) is 0 Å². The van der Waals surface area contributed by atoms with Crippen LogP contribution in [0.4, 0.5) is 0 Å². The van der Waals surface area contributed by atoms with Crippen LogP contribution < -0.4 is 5.32 Å². The van der Waals surface area contributed by atoms with Crippen molar-refractivity contribution >= 4 is 12.1 Å². The lowest BCUT2D eigenvalue weighted by Gasteiger charge is -2.40. The van der Waals surface area contributed by atoms with E-state index in [1.807, 2.05) is 19.3 Å². The second-order valence-electron chi connectivity index (χ2n) is 5.48. The summed E-state index contributed by atoms with van der Waals surface area (Å²) in [5.74, 6) is 0.936. The van der Waals surface area contributed by atoms with Crippen molar-refractivity contribution in [1.82, 2.24) is 20.2 Å². The summed E-state index contributed by atoms with van der Waals surface area (Å²) in [5, 5.41) is 4.74. The Morgan fingerprint density at radius 1 is 1.50 bits per heavy atom. The summed E-state index contributed by atoms with van der Waals surface area (Å²) < 4.78 is 0. The van der Waals surface area contributed by atoms with Crippen molar-refractivity contribution in [3.05, 3.63) is 35.2 Å². The highest BCUT2D eigenvalue weighted by atomic mass is 16.7. The van der Waals surface area contributed by atoms with Crippen LogP contribution in [-0.4, -0.2) is 53.3 Å². The first kappa shape index (κ1) is 14.6. The Labute approximate surface area is 130 Å². The van der Waals surface area contributed by atoms with Crippen molar-refractivity contribution in [2.45, 2.75) is 26.8 Å². The van der Waals surface area contributed by atoms with Crippen LogP contribution in [0.5, 0.6) is 0 Å². The summed E-state index contributed by atoms with van der Waals surface area (Å²) in [7, 11) is 1.64. The number of carbonyl (C=O) groups is 1. The molecule has 1 N–H and O–H groups in total. The molecule has 1 unspecified atom stereocenters. The topological polar surface area (TPSA) is 60.4 Å². The zero-order valence-electron chi connectivity index (χ0n) is 13.3. The number of hydrogen-bond acceptors (Lipinski definition) is 6. The standard InChI is InChI=1S/C15H21N5O2/c1-5-18-7-10(2)13(17-11(3)21)14-15(18)20-9-19(22-4)8-12(20)6-16-14/h6-8,13H,5,9H2,1-4H3,(H,17,21). The van der Waals surface area contributed by atoms with Gasteiger partial charge in [0.2, 0.25) is 5.91 Å². The SMILES string of the molecule is CCN1C=C(C)C(NC(C)=O)C2=C1N1CN(OC)C=C1C=N2. The summed E-state index contributed by atoms with van der Waals surface area (Å²) in [5.41, 5.74) is 2.92. The number of amides is 1. The van der Waals surface area contributed by atoms with Gasteiger partial charge in [0.1, 0.15) is 18.2 Å². The quantitative estimate of drug-likeness (QED) is 0.841. The molecule has 0 aromatic rings. The molecule has 0 saturated heterocycles. The summed E-state index contributed by atoms with van der Waals surface area (Å²) in [6.45, 7) is 7.07. The minimum atomic E-state index is -0.190. The molecule has 3 aliphatic heterocycles. The van der Waals surface area contributed by atoms with Crippen LogP contribution in [0.1, 0.15) is 20.8 Å². The van der Waals surface area contributed by atoms with Crippen LogP contribution >= 0.6 is 0 Å². The number of hydroxylamine groups is 2. The first-order valence-corrected chi connectivity index (χ1v) is 7.35. The van der Waals surface area contributed by atoms with E-state index in [0.717, 1.165) is 29.3 Å². The summed E-state index contributed by atoms with van der Waals surface area (Å²) in [6.07, 6.45) is 5.81. The largest absolute Gasteiger partial charge is 0.344 e. The normalized spacial score (nSPS) is 23.3. The fourth-order valence-electron chi connectivity index (χ4n) is 2.94. The Kier molecular flexibility index (Phi) is 3.66. The number of nitrogens with one attached hydrogen (secondary N) is 1. The maximum atomic E-state index is 11.5. The van der Waals surface area contributed by atoms with Crippen LogP contribution in [-0.2, 0) is 9.63 Å². The highest BCUT2D eigenvalue weighted by Crippen LogP contribution is 2.35. The first-order chi connectivity index (χ1) is 10.5. The maximum Gasteiger partial charge on any atom is 0.217 e. The van der Waals surface area contributed by atoms with Gasteiger partial charge in [-0.05, 0) is 19.4 Å². The maximum absolute atomic E-state index is 11.5. The average molecular weight is 303 g/mol. The van der Waals surface area contributed by atoms with E-state index in [1.54, 1.807) is 12.2 Å². The molecule has 0 spiro atoms. The molecule has 3 aliphatic rings. The van der Waals surface area contributed by atoms with Crippen molar-refractivity contribution in [3.8, 4) is 0 Å². The van der Waals surface area contributed by atoms with E-state index < -0.39 is 0 Å². The Balaban J connectivity index is 2.02. The van der Waals surface area contributed by atoms with Gasteiger partial charge in [-0.1, -0.05) is 0 Å². The number of rotatable bonds is 3. The van der Waals surface area contributed by atoms with Crippen molar-refractivity contribution < 1.29 is 9.63 Å². The monoisotopic (exact) mass is 303 g/mol. The second-order valence-corrected chi connectivity index (χ2v) is 5.48. The minimum absolute atomic E-state index is 0.0639. The zero-order valence-corrected chi connectivity index (χ0v) is 13.3. The molecule has 7 nitrogen and oxygen atoms in total. The van der Waals surface area contributed by atoms with Crippen LogP contribution in [0, 0.1) is 0 Å². The highest BCUT2D eigenvalue weighted by molar-refractivity contribution is 5.82. The van der Waals surface area contributed by atoms with Crippen LogP contribution in [0.15, 0.2) is 40.2 Å². The first-order valence-electron chi connectivity index (χ1n) is 7.35. The molecule has 118 valence electrons. The van der Waals surface area contributed by atoms with Crippen molar-refractivity contribution in [2.24, 2.45) is 4.99 Å². The lowest BCUT2D eigenvalue weighted by atomic mass is 10.0. The van der Waals surface area contributed by atoms with Gasteiger partial charge in [0.15, 0.2) is 0 Å². The van der Waals surface area contributed by atoms with E-state index in [0.29, 0.717) is 6.67 Å². The summed E-state index contributed by atoms with van der Waals surface area (Å²) in [6, 6.07) is -0.190. The van der Waals surface area contributed by atoms with Gasteiger partial charge in [-0.2, -0.15) is 0 Å². The summed E-state index contributed by atoms with van der Waals surface area (Å²) >= 11 is 0.